The average molecular weight is 252 g/mol. The Balaban J connectivity index is 2.16. The highest BCUT2D eigenvalue weighted by Gasteiger charge is 2.09. The van der Waals surface area contributed by atoms with Crippen molar-refractivity contribution < 1.29 is 0 Å². The van der Waals surface area contributed by atoms with Crippen molar-refractivity contribution in [1.29, 1.82) is 0 Å². The summed E-state index contributed by atoms with van der Waals surface area (Å²) in [5, 5.41) is 0. The second-order valence-electron chi connectivity index (χ2n) is 4.77. The zero-order valence-corrected chi connectivity index (χ0v) is 11.0. The van der Waals surface area contributed by atoms with E-state index in [9.17, 15) is 0 Å². The van der Waals surface area contributed by atoms with Crippen LogP contribution in [-0.4, -0.2) is 24.1 Å². The van der Waals surface area contributed by atoms with E-state index >= 15 is 0 Å². The third kappa shape index (κ3) is 2.01. The van der Waals surface area contributed by atoms with Crippen LogP contribution in [0.4, 0.5) is 11.4 Å². The Morgan fingerprint density at radius 2 is 1.84 bits per heavy atom. The van der Waals surface area contributed by atoms with Crippen LogP contribution in [0.25, 0.3) is 22.4 Å². The quantitative estimate of drug-likeness (QED) is 0.689. The maximum Gasteiger partial charge on any atom is 0.138 e. The number of rotatable bonds is 2. The number of imidazole rings is 1. The molecule has 0 spiro atoms. The first-order chi connectivity index (χ1) is 9.15. The van der Waals surface area contributed by atoms with E-state index in [0.717, 1.165) is 33.8 Å². The molecule has 4 heteroatoms. The van der Waals surface area contributed by atoms with Gasteiger partial charge in [-0.15, -0.1) is 0 Å². The van der Waals surface area contributed by atoms with Gasteiger partial charge in [-0.1, -0.05) is 30.3 Å². The lowest BCUT2D eigenvalue weighted by Crippen LogP contribution is -2.10. The van der Waals surface area contributed by atoms with E-state index < -0.39 is 0 Å². The van der Waals surface area contributed by atoms with E-state index in [2.05, 4.69) is 9.97 Å². The monoisotopic (exact) mass is 252 g/mol. The normalized spacial score (nSPS) is 10.8. The molecule has 1 heterocycles. The number of nitrogens with two attached hydrogens (primary N) is 1. The maximum absolute atomic E-state index is 6.04. The van der Waals surface area contributed by atoms with Crippen molar-refractivity contribution in [2.24, 2.45) is 0 Å². The fourth-order valence-electron chi connectivity index (χ4n) is 2.18. The molecule has 2 aromatic carbocycles. The Labute approximate surface area is 111 Å². The molecule has 3 N–H and O–H groups in total. The van der Waals surface area contributed by atoms with Crippen LogP contribution in [0.2, 0.25) is 0 Å². The summed E-state index contributed by atoms with van der Waals surface area (Å²) < 4.78 is 0. The first-order valence-electron chi connectivity index (χ1n) is 6.17. The van der Waals surface area contributed by atoms with Crippen molar-refractivity contribution in [1.82, 2.24) is 9.97 Å². The fourth-order valence-corrected chi connectivity index (χ4v) is 2.18. The number of anilines is 2. The molecule has 1 aromatic heterocycles. The molecule has 96 valence electrons. The van der Waals surface area contributed by atoms with Gasteiger partial charge in [-0.25, -0.2) is 4.98 Å². The van der Waals surface area contributed by atoms with E-state index in [0.29, 0.717) is 0 Å². The van der Waals surface area contributed by atoms with Gasteiger partial charge >= 0.3 is 0 Å². The number of aromatic nitrogens is 2. The van der Waals surface area contributed by atoms with Gasteiger partial charge in [0.1, 0.15) is 5.82 Å². The highest BCUT2D eigenvalue weighted by molar-refractivity contribution is 5.89. The number of aromatic amines is 1. The molecule has 3 aromatic rings. The van der Waals surface area contributed by atoms with Crippen LogP contribution >= 0.6 is 0 Å². The van der Waals surface area contributed by atoms with Crippen molar-refractivity contribution >= 4 is 22.4 Å². The van der Waals surface area contributed by atoms with Crippen molar-refractivity contribution in [3.05, 3.63) is 42.5 Å². The summed E-state index contributed by atoms with van der Waals surface area (Å²) in [5.41, 5.74) is 10.7. The number of hydrogen-bond acceptors (Lipinski definition) is 3. The minimum atomic E-state index is 0.739. The van der Waals surface area contributed by atoms with Crippen LogP contribution in [0.1, 0.15) is 0 Å². The van der Waals surface area contributed by atoms with Gasteiger partial charge in [0.2, 0.25) is 0 Å². The van der Waals surface area contributed by atoms with Gasteiger partial charge in [-0.3, -0.25) is 0 Å². The summed E-state index contributed by atoms with van der Waals surface area (Å²) >= 11 is 0. The Kier molecular flexibility index (Phi) is 2.63. The topological polar surface area (TPSA) is 57.9 Å². The molecule has 0 fully saturated rings. The van der Waals surface area contributed by atoms with Gasteiger partial charge in [0.25, 0.3) is 0 Å². The lowest BCUT2D eigenvalue weighted by molar-refractivity contribution is 1.14. The lowest BCUT2D eigenvalue weighted by Gasteiger charge is -2.14. The zero-order valence-electron chi connectivity index (χ0n) is 11.0. The number of H-pyrrole nitrogens is 1. The van der Waals surface area contributed by atoms with Gasteiger partial charge in [-0.2, -0.15) is 0 Å². The molecule has 0 radical (unpaired) electrons. The number of hydrogen-bond donors (Lipinski definition) is 2. The number of nitrogens with zero attached hydrogens (tertiary/aromatic N) is 2. The maximum atomic E-state index is 6.04. The molecule has 0 aliphatic carbocycles. The van der Waals surface area contributed by atoms with Crippen LogP contribution in [0.15, 0.2) is 42.5 Å². The lowest BCUT2D eigenvalue weighted by atomic mass is 10.2. The van der Waals surface area contributed by atoms with Crippen LogP contribution in [-0.2, 0) is 0 Å². The van der Waals surface area contributed by atoms with E-state index in [1.165, 1.54) is 0 Å². The molecular formula is C15H16N4. The standard InChI is InChI=1S/C15H16N4/c1-19(2)14-9-13-12(8-11(14)16)17-15(18-13)10-6-4-3-5-7-10/h3-9H,16H2,1-2H3,(H,17,18). The molecule has 0 amide bonds. The fraction of sp³-hybridized carbons (Fsp3) is 0.133. The Hall–Kier alpha value is -2.49. The summed E-state index contributed by atoms with van der Waals surface area (Å²) in [6.45, 7) is 0. The minimum absolute atomic E-state index is 0.739. The van der Waals surface area contributed by atoms with Gasteiger partial charge < -0.3 is 15.6 Å². The molecular weight excluding hydrogens is 236 g/mol. The summed E-state index contributed by atoms with van der Waals surface area (Å²) in [5.74, 6) is 0.867. The molecule has 0 unspecified atom stereocenters. The molecule has 0 aliphatic rings. The van der Waals surface area contributed by atoms with Crippen LogP contribution in [0.5, 0.6) is 0 Å². The van der Waals surface area contributed by atoms with Gasteiger partial charge in [-0.05, 0) is 12.1 Å². The Bertz CT molecular complexity index is 714. The molecule has 0 atom stereocenters. The number of nitrogens with one attached hydrogen (secondary N) is 1. The van der Waals surface area contributed by atoms with Gasteiger partial charge in [0.15, 0.2) is 0 Å². The highest BCUT2D eigenvalue weighted by Crippen LogP contribution is 2.28. The third-order valence-corrected chi connectivity index (χ3v) is 3.16. The van der Waals surface area contributed by atoms with E-state index in [4.69, 9.17) is 5.73 Å². The van der Waals surface area contributed by atoms with Crippen molar-refractivity contribution in [2.45, 2.75) is 0 Å². The minimum Gasteiger partial charge on any atom is -0.397 e. The van der Waals surface area contributed by atoms with Crippen molar-refractivity contribution in [3.63, 3.8) is 0 Å². The SMILES string of the molecule is CN(C)c1cc2[nH]c(-c3ccccc3)nc2cc1N. The summed E-state index contributed by atoms with van der Waals surface area (Å²) in [7, 11) is 3.96. The first kappa shape index (κ1) is 11.6. The average Bonchev–Trinajstić information content (AvgIpc) is 2.81. The predicted molar refractivity (Wildman–Crippen MR) is 80.3 cm³/mol. The molecule has 0 saturated carbocycles. The number of fused-ring (bicyclic) bond motifs is 1. The van der Waals surface area contributed by atoms with Gasteiger partial charge in [0.05, 0.1) is 22.4 Å². The van der Waals surface area contributed by atoms with Crippen LogP contribution in [0, 0.1) is 0 Å². The third-order valence-electron chi connectivity index (χ3n) is 3.16. The number of benzene rings is 2. The predicted octanol–water partition coefficient (Wildman–Crippen LogP) is 2.88. The molecule has 19 heavy (non-hydrogen) atoms. The number of nitrogen functional groups attached to an aromatic ring is 1. The largest absolute Gasteiger partial charge is 0.397 e. The van der Waals surface area contributed by atoms with Crippen LogP contribution < -0.4 is 10.6 Å². The highest BCUT2D eigenvalue weighted by atomic mass is 15.1. The smallest absolute Gasteiger partial charge is 0.138 e. The van der Waals surface area contributed by atoms with Crippen molar-refractivity contribution in [3.8, 4) is 11.4 Å². The zero-order chi connectivity index (χ0) is 13.4. The molecule has 4 nitrogen and oxygen atoms in total. The Morgan fingerprint density at radius 3 is 2.53 bits per heavy atom. The van der Waals surface area contributed by atoms with E-state index in [1.807, 2.05) is 61.5 Å². The first-order valence-corrected chi connectivity index (χ1v) is 6.17. The Morgan fingerprint density at radius 1 is 1.11 bits per heavy atom. The van der Waals surface area contributed by atoms with E-state index in [-0.39, 0.29) is 0 Å². The second kappa shape index (κ2) is 4.31. The molecule has 0 aliphatic heterocycles. The molecule has 3 rings (SSSR count). The molecule has 0 saturated heterocycles. The van der Waals surface area contributed by atoms with Crippen molar-refractivity contribution in [2.75, 3.05) is 24.7 Å². The summed E-state index contributed by atoms with van der Waals surface area (Å²) in [6, 6.07) is 14.0. The second-order valence-corrected chi connectivity index (χ2v) is 4.77. The van der Waals surface area contributed by atoms with Gasteiger partial charge in [0, 0.05) is 19.7 Å². The van der Waals surface area contributed by atoms with E-state index in [1.54, 1.807) is 0 Å². The molecule has 0 bridgehead atoms. The van der Waals surface area contributed by atoms with Crippen LogP contribution in [0.3, 0.4) is 0 Å². The summed E-state index contributed by atoms with van der Waals surface area (Å²) in [6.07, 6.45) is 0. The summed E-state index contributed by atoms with van der Waals surface area (Å²) in [4.78, 5) is 9.93.